The summed E-state index contributed by atoms with van der Waals surface area (Å²) >= 11 is 0. The Morgan fingerprint density at radius 1 is 1.40 bits per heavy atom. The van der Waals surface area contributed by atoms with Crippen molar-refractivity contribution in [3.05, 3.63) is 35.4 Å². The molecule has 2 rings (SSSR count). The van der Waals surface area contributed by atoms with Crippen molar-refractivity contribution in [1.29, 1.82) is 0 Å². The average molecular weight is 287 g/mol. The zero-order valence-corrected chi connectivity index (χ0v) is 11.5. The van der Waals surface area contributed by atoms with Gasteiger partial charge in [0.25, 0.3) is 0 Å². The lowest BCUT2D eigenvalue weighted by Crippen LogP contribution is -2.32. The number of aliphatic hydroxyl groups excluding tert-OH is 1. The molecule has 1 N–H and O–H groups in total. The van der Waals surface area contributed by atoms with Crippen LogP contribution in [0.15, 0.2) is 24.3 Å². The number of benzene rings is 1. The number of β-amino-alcohol motifs (C(OH)–C–C–N with tert-alkyl or cyclic N) is 1. The van der Waals surface area contributed by atoms with Crippen LogP contribution in [0, 0.1) is 0 Å². The highest BCUT2D eigenvalue weighted by molar-refractivity contribution is 5.27. The van der Waals surface area contributed by atoms with Gasteiger partial charge in [-0.15, -0.1) is 0 Å². The standard InChI is InChI=1S/C15H20F3NO/c1-2-13-7-4-8-19(13)10-14(20)11-5-3-6-12(9-11)15(16,17)18/h3,5-6,9,13-14,20H,2,4,7-8,10H2,1H3. The summed E-state index contributed by atoms with van der Waals surface area (Å²) < 4.78 is 38.0. The summed E-state index contributed by atoms with van der Waals surface area (Å²) in [6.45, 7) is 3.41. The Labute approximate surface area is 117 Å². The number of hydrogen-bond donors (Lipinski definition) is 1. The van der Waals surface area contributed by atoms with Gasteiger partial charge in [-0.25, -0.2) is 0 Å². The number of hydrogen-bond acceptors (Lipinski definition) is 2. The minimum atomic E-state index is -4.37. The van der Waals surface area contributed by atoms with Gasteiger partial charge in [0.05, 0.1) is 11.7 Å². The molecule has 20 heavy (non-hydrogen) atoms. The molecule has 0 radical (unpaired) electrons. The summed E-state index contributed by atoms with van der Waals surface area (Å²) in [7, 11) is 0. The lowest BCUT2D eigenvalue weighted by atomic mass is 10.0. The third kappa shape index (κ3) is 3.52. The van der Waals surface area contributed by atoms with E-state index in [1.54, 1.807) is 6.07 Å². The van der Waals surface area contributed by atoms with Gasteiger partial charge in [0, 0.05) is 12.6 Å². The molecule has 0 aromatic heterocycles. The Balaban J connectivity index is 2.07. The molecule has 0 aliphatic carbocycles. The highest BCUT2D eigenvalue weighted by atomic mass is 19.4. The van der Waals surface area contributed by atoms with Gasteiger partial charge in [0.15, 0.2) is 0 Å². The van der Waals surface area contributed by atoms with Crippen LogP contribution in [-0.4, -0.2) is 29.1 Å². The van der Waals surface area contributed by atoms with Crippen LogP contribution < -0.4 is 0 Å². The topological polar surface area (TPSA) is 23.5 Å². The molecule has 0 saturated carbocycles. The number of halogens is 3. The Hall–Kier alpha value is -1.07. The second kappa shape index (κ2) is 6.14. The van der Waals surface area contributed by atoms with Gasteiger partial charge in [0.2, 0.25) is 0 Å². The first-order chi connectivity index (χ1) is 9.41. The Morgan fingerprint density at radius 2 is 2.15 bits per heavy atom. The summed E-state index contributed by atoms with van der Waals surface area (Å²) in [6, 6.07) is 5.41. The minimum Gasteiger partial charge on any atom is -0.387 e. The van der Waals surface area contributed by atoms with Crippen LogP contribution in [0.4, 0.5) is 13.2 Å². The second-order valence-electron chi connectivity index (χ2n) is 5.34. The molecule has 2 nitrogen and oxygen atoms in total. The molecule has 1 saturated heterocycles. The van der Waals surface area contributed by atoms with Crippen molar-refractivity contribution < 1.29 is 18.3 Å². The fraction of sp³-hybridized carbons (Fsp3) is 0.600. The molecule has 2 atom stereocenters. The maximum Gasteiger partial charge on any atom is 0.416 e. The molecule has 2 unspecified atom stereocenters. The van der Waals surface area contributed by atoms with Crippen LogP contribution in [0.25, 0.3) is 0 Å². The molecule has 0 bridgehead atoms. The fourth-order valence-corrected chi connectivity index (χ4v) is 2.85. The monoisotopic (exact) mass is 287 g/mol. The molecular formula is C15H20F3NO. The van der Waals surface area contributed by atoms with E-state index in [-0.39, 0.29) is 0 Å². The van der Waals surface area contributed by atoms with Crippen molar-refractivity contribution in [2.75, 3.05) is 13.1 Å². The van der Waals surface area contributed by atoms with Crippen molar-refractivity contribution >= 4 is 0 Å². The van der Waals surface area contributed by atoms with Crippen LogP contribution >= 0.6 is 0 Å². The second-order valence-corrected chi connectivity index (χ2v) is 5.34. The van der Waals surface area contributed by atoms with Gasteiger partial charge in [-0.2, -0.15) is 13.2 Å². The summed E-state index contributed by atoms with van der Waals surface area (Å²) in [5.74, 6) is 0. The van der Waals surface area contributed by atoms with Crippen LogP contribution in [0.1, 0.15) is 43.4 Å². The smallest absolute Gasteiger partial charge is 0.387 e. The average Bonchev–Trinajstić information content (AvgIpc) is 2.85. The molecule has 1 aromatic carbocycles. The highest BCUT2D eigenvalue weighted by Gasteiger charge is 2.31. The van der Waals surface area contributed by atoms with Gasteiger partial charge < -0.3 is 5.11 Å². The van der Waals surface area contributed by atoms with E-state index < -0.39 is 17.8 Å². The highest BCUT2D eigenvalue weighted by Crippen LogP contribution is 2.31. The van der Waals surface area contributed by atoms with Crippen LogP contribution in [-0.2, 0) is 6.18 Å². The van der Waals surface area contributed by atoms with Crippen molar-refractivity contribution in [2.45, 2.75) is 44.5 Å². The molecule has 112 valence electrons. The van der Waals surface area contributed by atoms with E-state index in [1.165, 1.54) is 6.07 Å². The number of likely N-dealkylation sites (tertiary alicyclic amines) is 1. The zero-order chi connectivity index (χ0) is 14.8. The van der Waals surface area contributed by atoms with E-state index in [4.69, 9.17) is 0 Å². The largest absolute Gasteiger partial charge is 0.416 e. The molecule has 1 heterocycles. The molecule has 0 amide bonds. The fourth-order valence-electron chi connectivity index (χ4n) is 2.85. The minimum absolute atomic E-state index is 0.335. The van der Waals surface area contributed by atoms with Gasteiger partial charge in [-0.1, -0.05) is 19.1 Å². The van der Waals surface area contributed by atoms with Crippen molar-refractivity contribution in [2.24, 2.45) is 0 Å². The van der Waals surface area contributed by atoms with E-state index in [0.717, 1.165) is 37.9 Å². The Bertz CT molecular complexity index is 447. The third-order valence-electron chi connectivity index (χ3n) is 3.98. The molecule has 0 spiro atoms. The van der Waals surface area contributed by atoms with Crippen LogP contribution in [0.2, 0.25) is 0 Å². The summed E-state index contributed by atoms with van der Waals surface area (Å²) in [6.07, 6.45) is -2.03. The lowest BCUT2D eigenvalue weighted by Gasteiger charge is -2.26. The maximum absolute atomic E-state index is 12.7. The quantitative estimate of drug-likeness (QED) is 0.914. The molecule has 1 fully saturated rings. The first-order valence-corrected chi connectivity index (χ1v) is 7.01. The Morgan fingerprint density at radius 3 is 2.80 bits per heavy atom. The van der Waals surface area contributed by atoms with Crippen molar-refractivity contribution in [3.8, 4) is 0 Å². The van der Waals surface area contributed by atoms with E-state index in [1.807, 2.05) is 0 Å². The predicted molar refractivity (Wildman–Crippen MR) is 71.3 cm³/mol. The first kappa shape index (κ1) is 15.3. The first-order valence-electron chi connectivity index (χ1n) is 7.01. The molecule has 1 aromatic rings. The number of alkyl halides is 3. The van der Waals surface area contributed by atoms with Crippen LogP contribution in [0.5, 0.6) is 0 Å². The predicted octanol–water partition coefficient (Wildman–Crippen LogP) is 3.61. The van der Waals surface area contributed by atoms with Crippen molar-refractivity contribution in [3.63, 3.8) is 0 Å². The van der Waals surface area contributed by atoms with Crippen LogP contribution in [0.3, 0.4) is 0 Å². The number of aliphatic hydroxyl groups is 1. The summed E-state index contributed by atoms with van der Waals surface area (Å²) in [5, 5.41) is 10.2. The van der Waals surface area contributed by atoms with E-state index in [9.17, 15) is 18.3 Å². The molecule has 5 heteroatoms. The molecular weight excluding hydrogens is 267 g/mol. The summed E-state index contributed by atoms with van der Waals surface area (Å²) in [4.78, 5) is 2.17. The normalized spacial score (nSPS) is 22.1. The Kier molecular flexibility index (Phi) is 4.70. The van der Waals surface area contributed by atoms with E-state index >= 15 is 0 Å². The third-order valence-corrected chi connectivity index (χ3v) is 3.98. The van der Waals surface area contributed by atoms with Crippen molar-refractivity contribution in [1.82, 2.24) is 4.90 Å². The number of nitrogens with zero attached hydrogens (tertiary/aromatic N) is 1. The lowest BCUT2D eigenvalue weighted by molar-refractivity contribution is -0.137. The zero-order valence-electron chi connectivity index (χ0n) is 11.5. The molecule has 1 aliphatic heterocycles. The van der Waals surface area contributed by atoms with Gasteiger partial charge in [-0.05, 0) is 43.5 Å². The van der Waals surface area contributed by atoms with Gasteiger partial charge in [-0.3, -0.25) is 4.90 Å². The summed E-state index contributed by atoms with van der Waals surface area (Å²) in [5.41, 5.74) is -0.371. The van der Waals surface area contributed by atoms with E-state index in [0.29, 0.717) is 18.2 Å². The van der Waals surface area contributed by atoms with Gasteiger partial charge in [0.1, 0.15) is 0 Å². The number of rotatable bonds is 4. The molecule has 1 aliphatic rings. The van der Waals surface area contributed by atoms with E-state index in [2.05, 4.69) is 11.8 Å². The SMILES string of the molecule is CCC1CCCN1CC(O)c1cccc(C(F)(F)F)c1. The van der Waals surface area contributed by atoms with Gasteiger partial charge >= 0.3 is 6.18 Å². The maximum atomic E-state index is 12.7.